The number of ether oxygens (including phenoxy) is 2. The minimum Gasteiger partial charge on any atom is -0.486 e. The minimum atomic E-state index is -4.97. The van der Waals surface area contributed by atoms with Crippen molar-refractivity contribution in [3.05, 3.63) is 23.8 Å². The summed E-state index contributed by atoms with van der Waals surface area (Å²) < 4.78 is 46.6. The third-order valence-electron chi connectivity index (χ3n) is 2.66. The zero-order chi connectivity index (χ0) is 14.8. The van der Waals surface area contributed by atoms with Crippen molar-refractivity contribution >= 4 is 5.91 Å². The fourth-order valence-corrected chi connectivity index (χ4v) is 1.67. The van der Waals surface area contributed by atoms with Gasteiger partial charge in [0.25, 0.3) is 0 Å². The highest BCUT2D eigenvalue weighted by molar-refractivity contribution is 5.81. The molecule has 110 valence electrons. The van der Waals surface area contributed by atoms with Gasteiger partial charge in [-0.3, -0.25) is 4.79 Å². The number of hydrogen-bond donors (Lipinski definition) is 2. The molecule has 0 bridgehead atoms. The maximum atomic E-state index is 12.0. The Morgan fingerprint density at radius 2 is 1.95 bits per heavy atom. The molecule has 1 aromatic carbocycles. The molecule has 2 rings (SSSR count). The third kappa shape index (κ3) is 3.32. The van der Waals surface area contributed by atoms with Crippen LogP contribution in [0.15, 0.2) is 18.2 Å². The van der Waals surface area contributed by atoms with Crippen molar-refractivity contribution in [3.8, 4) is 11.5 Å². The van der Waals surface area contributed by atoms with E-state index in [0.29, 0.717) is 30.3 Å². The molecule has 1 aliphatic heterocycles. The van der Waals surface area contributed by atoms with Gasteiger partial charge in [-0.1, -0.05) is 6.07 Å². The topological polar surface area (TPSA) is 67.8 Å². The molecule has 5 nitrogen and oxygen atoms in total. The maximum Gasteiger partial charge on any atom is 0.471 e. The van der Waals surface area contributed by atoms with Crippen LogP contribution in [-0.2, 0) is 4.79 Å². The lowest BCUT2D eigenvalue weighted by Crippen LogP contribution is -2.38. The Morgan fingerprint density at radius 3 is 2.60 bits per heavy atom. The summed E-state index contributed by atoms with van der Waals surface area (Å²) in [6, 6.07) is 4.52. The molecule has 0 saturated heterocycles. The number of halogens is 3. The average molecular weight is 291 g/mol. The molecule has 1 unspecified atom stereocenters. The highest BCUT2D eigenvalue weighted by Crippen LogP contribution is 2.32. The van der Waals surface area contributed by atoms with Gasteiger partial charge in [-0.15, -0.1) is 0 Å². The summed E-state index contributed by atoms with van der Waals surface area (Å²) >= 11 is 0. The van der Waals surface area contributed by atoms with E-state index >= 15 is 0 Å². The summed E-state index contributed by atoms with van der Waals surface area (Å²) in [4.78, 5) is 10.6. The molecule has 1 amide bonds. The van der Waals surface area contributed by atoms with Crippen LogP contribution in [0.5, 0.6) is 11.5 Å². The number of carbonyl (C=O) groups is 1. The second-order valence-corrected chi connectivity index (χ2v) is 4.13. The van der Waals surface area contributed by atoms with Crippen molar-refractivity contribution in [1.82, 2.24) is 5.32 Å². The number of rotatable bonds is 3. The summed E-state index contributed by atoms with van der Waals surface area (Å²) in [5, 5.41) is 11.4. The summed E-state index contributed by atoms with van der Waals surface area (Å²) in [5.41, 5.74) is 0.330. The highest BCUT2D eigenvalue weighted by Gasteiger charge is 2.38. The zero-order valence-electron chi connectivity index (χ0n) is 10.2. The van der Waals surface area contributed by atoms with Crippen molar-refractivity contribution < 1.29 is 32.5 Å². The molecule has 0 fully saturated rings. The number of benzene rings is 1. The Balaban J connectivity index is 1.99. The lowest BCUT2D eigenvalue weighted by Gasteiger charge is -2.20. The van der Waals surface area contributed by atoms with Crippen LogP contribution in [0.2, 0.25) is 0 Å². The van der Waals surface area contributed by atoms with E-state index in [9.17, 15) is 23.1 Å². The maximum absolute atomic E-state index is 12.0. The number of aliphatic hydroxyl groups excluding tert-OH is 1. The monoisotopic (exact) mass is 291 g/mol. The highest BCUT2D eigenvalue weighted by atomic mass is 19.4. The Bertz CT molecular complexity index is 504. The molecule has 2 N–H and O–H groups in total. The Kier molecular flexibility index (Phi) is 4.03. The number of aliphatic hydroxyl groups is 1. The first-order chi connectivity index (χ1) is 9.38. The van der Waals surface area contributed by atoms with Crippen LogP contribution < -0.4 is 14.8 Å². The second-order valence-electron chi connectivity index (χ2n) is 4.13. The Labute approximate surface area is 112 Å². The predicted molar refractivity (Wildman–Crippen MR) is 61.5 cm³/mol. The summed E-state index contributed by atoms with van der Waals surface area (Å²) in [6.07, 6.45) is -6.23. The van der Waals surface area contributed by atoms with Gasteiger partial charge in [0.05, 0.1) is 6.10 Å². The molecule has 20 heavy (non-hydrogen) atoms. The molecule has 1 aliphatic rings. The van der Waals surface area contributed by atoms with Gasteiger partial charge in [0.1, 0.15) is 13.2 Å². The average Bonchev–Trinajstić information content (AvgIpc) is 2.42. The van der Waals surface area contributed by atoms with Gasteiger partial charge in [0.2, 0.25) is 0 Å². The Morgan fingerprint density at radius 1 is 1.30 bits per heavy atom. The number of carbonyl (C=O) groups excluding carboxylic acids is 1. The Hall–Kier alpha value is -1.96. The fourth-order valence-electron chi connectivity index (χ4n) is 1.67. The lowest BCUT2D eigenvalue weighted by atomic mass is 10.1. The van der Waals surface area contributed by atoms with Gasteiger partial charge in [-0.05, 0) is 17.7 Å². The summed E-state index contributed by atoms with van der Waals surface area (Å²) in [5.74, 6) is -1.17. The van der Waals surface area contributed by atoms with Crippen molar-refractivity contribution in [2.45, 2.75) is 12.3 Å². The van der Waals surface area contributed by atoms with Gasteiger partial charge in [0.15, 0.2) is 11.5 Å². The van der Waals surface area contributed by atoms with E-state index in [-0.39, 0.29) is 0 Å². The van der Waals surface area contributed by atoms with Crippen LogP contribution in [0, 0.1) is 0 Å². The van der Waals surface area contributed by atoms with Crippen molar-refractivity contribution in [2.24, 2.45) is 0 Å². The summed E-state index contributed by atoms with van der Waals surface area (Å²) in [7, 11) is 0. The van der Waals surface area contributed by atoms with Crippen molar-refractivity contribution in [3.63, 3.8) is 0 Å². The van der Waals surface area contributed by atoms with E-state index in [0.717, 1.165) is 0 Å². The molecule has 1 aromatic rings. The first kappa shape index (κ1) is 14.4. The van der Waals surface area contributed by atoms with Crippen molar-refractivity contribution in [2.75, 3.05) is 19.8 Å². The molecule has 0 aliphatic carbocycles. The smallest absolute Gasteiger partial charge is 0.471 e. The van der Waals surface area contributed by atoms with E-state index in [1.807, 2.05) is 0 Å². The first-order valence-electron chi connectivity index (χ1n) is 5.80. The predicted octanol–water partition coefficient (Wildman–Crippen LogP) is 1.17. The van der Waals surface area contributed by atoms with Crippen LogP contribution in [0.25, 0.3) is 0 Å². The minimum absolute atomic E-state index is 0.330. The van der Waals surface area contributed by atoms with E-state index in [1.54, 1.807) is 11.4 Å². The molecule has 0 saturated carbocycles. The molecule has 8 heteroatoms. The molecule has 0 radical (unpaired) electrons. The van der Waals surface area contributed by atoms with E-state index in [4.69, 9.17) is 9.47 Å². The first-order valence-corrected chi connectivity index (χ1v) is 5.80. The van der Waals surface area contributed by atoms with Crippen LogP contribution in [0.3, 0.4) is 0 Å². The van der Waals surface area contributed by atoms with Gasteiger partial charge >= 0.3 is 12.1 Å². The van der Waals surface area contributed by atoms with Crippen LogP contribution in [-0.4, -0.2) is 36.9 Å². The van der Waals surface area contributed by atoms with Crippen molar-refractivity contribution in [1.29, 1.82) is 0 Å². The van der Waals surface area contributed by atoms with Crippen LogP contribution in [0.1, 0.15) is 11.7 Å². The zero-order valence-corrected chi connectivity index (χ0v) is 10.2. The number of nitrogens with one attached hydrogen (secondary N) is 1. The molecular formula is C12H12F3NO4. The molecule has 0 aromatic heterocycles. The van der Waals surface area contributed by atoms with Gasteiger partial charge in [-0.25, -0.2) is 0 Å². The van der Waals surface area contributed by atoms with Gasteiger partial charge in [0, 0.05) is 6.54 Å². The molecular weight excluding hydrogens is 279 g/mol. The number of hydrogen-bond acceptors (Lipinski definition) is 4. The van der Waals surface area contributed by atoms with Crippen LogP contribution >= 0.6 is 0 Å². The van der Waals surface area contributed by atoms with E-state index in [2.05, 4.69) is 0 Å². The van der Waals surface area contributed by atoms with Gasteiger partial charge in [-0.2, -0.15) is 13.2 Å². The normalized spacial score (nSPS) is 15.6. The standard InChI is InChI=1S/C12H12F3NO4/c13-12(14,15)11(18)16-6-8(17)7-1-2-9-10(5-7)20-4-3-19-9/h1-2,5,8,17H,3-4,6H2,(H,16,18). The fraction of sp³-hybridized carbons (Fsp3) is 0.417. The second kappa shape index (κ2) is 5.58. The third-order valence-corrected chi connectivity index (χ3v) is 2.66. The van der Waals surface area contributed by atoms with Crippen LogP contribution in [0.4, 0.5) is 13.2 Å². The molecule has 1 heterocycles. The van der Waals surface area contributed by atoms with Gasteiger partial charge < -0.3 is 19.9 Å². The molecule has 0 spiro atoms. The molecule has 1 atom stereocenters. The van der Waals surface area contributed by atoms with E-state index in [1.165, 1.54) is 12.1 Å². The number of amides is 1. The van der Waals surface area contributed by atoms with E-state index < -0.39 is 24.7 Å². The number of fused-ring (bicyclic) bond motifs is 1. The summed E-state index contributed by atoms with van der Waals surface area (Å²) in [6.45, 7) is 0.228. The lowest BCUT2D eigenvalue weighted by molar-refractivity contribution is -0.174. The SMILES string of the molecule is O=C(NCC(O)c1ccc2c(c1)OCCO2)C(F)(F)F. The number of alkyl halides is 3. The quantitative estimate of drug-likeness (QED) is 0.877. The largest absolute Gasteiger partial charge is 0.486 e.